The molecule has 0 atom stereocenters. The molecule has 0 aromatic heterocycles. The zero-order chi connectivity index (χ0) is 11.8. The van der Waals surface area contributed by atoms with Crippen molar-refractivity contribution in [1.82, 2.24) is 0 Å². The van der Waals surface area contributed by atoms with Crippen LogP contribution in [-0.2, 0) is 6.18 Å². The Labute approximate surface area is 105 Å². The monoisotopic (exact) mass is 342 g/mol. The molecular formula is C11H10F3IO. The molecule has 0 unspecified atom stereocenters. The third-order valence-corrected chi connectivity index (χ3v) is 3.27. The van der Waals surface area contributed by atoms with E-state index in [9.17, 15) is 13.2 Å². The Morgan fingerprint density at radius 2 is 2.00 bits per heavy atom. The molecule has 0 radical (unpaired) electrons. The highest BCUT2D eigenvalue weighted by molar-refractivity contribution is 14.1. The van der Waals surface area contributed by atoms with Crippen molar-refractivity contribution in [3.05, 3.63) is 27.3 Å². The Bertz CT molecular complexity index is 385. The van der Waals surface area contributed by atoms with E-state index in [1.54, 1.807) is 0 Å². The van der Waals surface area contributed by atoms with Crippen LogP contribution in [0.25, 0.3) is 0 Å². The fraction of sp³-hybridized carbons (Fsp3) is 0.455. The predicted octanol–water partition coefficient (Wildman–Crippen LogP) is 4.10. The van der Waals surface area contributed by atoms with Gasteiger partial charge in [0, 0.05) is 0 Å². The SMILES string of the molecule is FC(F)(F)c1ccc(OCC2CC2)c(I)c1. The molecule has 88 valence electrons. The van der Waals surface area contributed by atoms with E-state index < -0.39 is 11.7 Å². The van der Waals surface area contributed by atoms with Gasteiger partial charge < -0.3 is 4.74 Å². The van der Waals surface area contributed by atoms with Gasteiger partial charge in [0.25, 0.3) is 0 Å². The fourth-order valence-corrected chi connectivity index (χ4v) is 1.96. The van der Waals surface area contributed by atoms with Gasteiger partial charge in [0.15, 0.2) is 0 Å². The summed E-state index contributed by atoms with van der Waals surface area (Å²) in [5, 5.41) is 0. The van der Waals surface area contributed by atoms with Crippen molar-refractivity contribution in [2.45, 2.75) is 19.0 Å². The first kappa shape index (κ1) is 12.0. The first-order valence-electron chi connectivity index (χ1n) is 4.96. The van der Waals surface area contributed by atoms with Gasteiger partial charge in [0.2, 0.25) is 0 Å². The van der Waals surface area contributed by atoms with E-state index in [1.807, 2.05) is 22.6 Å². The predicted molar refractivity (Wildman–Crippen MR) is 62.4 cm³/mol. The third kappa shape index (κ3) is 3.02. The minimum Gasteiger partial charge on any atom is -0.492 e. The van der Waals surface area contributed by atoms with E-state index in [0.29, 0.717) is 21.8 Å². The molecule has 0 amide bonds. The summed E-state index contributed by atoms with van der Waals surface area (Å²) in [6, 6.07) is 3.57. The molecule has 1 fully saturated rings. The number of hydrogen-bond donors (Lipinski definition) is 0. The van der Waals surface area contributed by atoms with Gasteiger partial charge in [-0.05, 0) is 59.5 Å². The van der Waals surface area contributed by atoms with E-state index >= 15 is 0 Å². The van der Waals surface area contributed by atoms with Crippen LogP contribution in [0, 0.1) is 9.49 Å². The molecule has 2 rings (SSSR count). The largest absolute Gasteiger partial charge is 0.492 e. The van der Waals surface area contributed by atoms with Crippen LogP contribution in [0.4, 0.5) is 13.2 Å². The lowest BCUT2D eigenvalue weighted by atomic mass is 10.2. The van der Waals surface area contributed by atoms with Crippen molar-refractivity contribution in [2.75, 3.05) is 6.61 Å². The summed E-state index contributed by atoms with van der Waals surface area (Å²) in [4.78, 5) is 0. The zero-order valence-electron chi connectivity index (χ0n) is 8.35. The van der Waals surface area contributed by atoms with Gasteiger partial charge in [-0.1, -0.05) is 0 Å². The van der Waals surface area contributed by atoms with Crippen molar-refractivity contribution >= 4 is 22.6 Å². The highest BCUT2D eigenvalue weighted by atomic mass is 127. The molecule has 0 spiro atoms. The fourth-order valence-electron chi connectivity index (χ4n) is 1.29. The minimum atomic E-state index is -4.28. The summed E-state index contributed by atoms with van der Waals surface area (Å²) in [5.41, 5.74) is -0.629. The van der Waals surface area contributed by atoms with E-state index in [1.165, 1.54) is 6.07 Å². The molecule has 1 aromatic rings. The minimum absolute atomic E-state index is 0.507. The molecule has 1 nitrogen and oxygen atoms in total. The van der Waals surface area contributed by atoms with Gasteiger partial charge in [0.05, 0.1) is 15.7 Å². The molecule has 0 aliphatic heterocycles. The van der Waals surface area contributed by atoms with Crippen molar-refractivity contribution in [3.8, 4) is 5.75 Å². The molecule has 0 bridgehead atoms. The Morgan fingerprint density at radius 1 is 1.31 bits per heavy atom. The molecule has 5 heteroatoms. The second kappa shape index (κ2) is 4.43. The van der Waals surface area contributed by atoms with Gasteiger partial charge in [-0.15, -0.1) is 0 Å². The first-order chi connectivity index (χ1) is 7.47. The van der Waals surface area contributed by atoms with E-state index in [2.05, 4.69) is 0 Å². The maximum absolute atomic E-state index is 12.4. The number of alkyl halides is 3. The maximum Gasteiger partial charge on any atom is 0.416 e. The molecule has 1 aliphatic rings. The zero-order valence-corrected chi connectivity index (χ0v) is 10.5. The summed E-state index contributed by atoms with van der Waals surface area (Å²) in [7, 11) is 0. The number of ether oxygens (including phenoxy) is 1. The lowest BCUT2D eigenvalue weighted by Crippen LogP contribution is -2.06. The summed E-state index contributed by atoms with van der Waals surface area (Å²) >= 11 is 1.87. The van der Waals surface area contributed by atoms with E-state index in [-0.39, 0.29) is 0 Å². The highest BCUT2D eigenvalue weighted by Crippen LogP contribution is 2.34. The standard InChI is InChI=1S/C11H10F3IO/c12-11(13,14)8-3-4-10(9(15)5-8)16-6-7-1-2-7/h3-5,7H,1-2,6H2. The van der Waals surface area contributed by atoms with Crippen LogP contribution >= 0.6 is 22.6 Å². The number of rotatable bonds is 3. The van der Waals surface area contributed by atoms with Crippen LogP contribution in [0.1, 0.15) is 18.4 Å². The molecule has 1 aromatic carbocycles. The Morgan fingerprint density at radius 3 is 2.50 bits per heavy atom. The van der Waals surface area contributed by atoms with Crippen LogP contribution < -0.4 is 4.74 Å². The second-order valence-electron chi connectivity index (χ2n) is 3.90. The molecular weight excluding hydrogens is 332 g/mol. The molecule has 0 N–H and O–H groups in total. The summed E-state index contributed by atoms with van der Waals surface area (Å²) in [6.45, 7) is 0.612. The molecule has 16 heavy (non-hydrogen) atoms. The van der Waals surface area contributed by atoms with Crippen LogP contribution in [0.15, 0.2) is 18.2 Å². The van der Waals surface area contributed by atoms with Crippen molar-refractivity contribution in [2.24, 2.45) is 5.92 Å². The Kier molecular flexibility index (Phi) is 3.32. The average molecular weight is 342 g/mol. The van der Waals surface area contributed by atoms with Crippen LogP contribution in [-0.4, -0.2) is 6.61 Å². The Balaban J connectivity index is 2.09. The van der Waals surface area contributed by atoms with Crippen molar-refractivity contribution in [1.29, 1.82) is 0 Å². The van der Waals surface area contributed by atoms with Crippen molar-refractivity contribution in [3.63, 3.8) is 0 Å². The van der Waals surface area contributed by atoms with Crippen LogP contribution in [0.3, 0.4) is 0 Å². The average Bonchev–Trinajstić information content (AvgIpc) is 2.98. The molecule has 1 aliphatic carbocycles. The van der Waals surface area contributed by atoms with Gasteiger partial charge in [-0.2, -0.15) is 13.2 Å². The van der Waals surface area contributed by atoms with Gasteiger partial charge >= 0.3 is 6.18 Å². The van der Waals surface area contributed by atoms with Gasteiger partial charge in [0.1, 0.15) is 5.75 Å². The Hall–Kier alpha value is -0.460. The molecule has 0 heterocycles. The van der Waals surface area contributed by atoms with Crippen LogP contribution in [0.2, 0.25) is 0 Å². The summed E-state index contributed by atoms with van der Waals surface area (Å²) in [5.74, 6) is 1.14. The van der Waals surface area contributed by atoms with Gasteiger partial charge in [-0.3, -0.25) is 0 Å². The topological polar surface area (TPSA) is 9.23 Å². The van der Waals surface area contributed by atoms with Crippen molar-refractivity contribution < 1.29 is 17.9 Å². The maximum atomic E-state index is 12.4. The molecule has 1 saturated carbocycles. The molecule has 0 saturated heterocycles. The first-order valence-corrected chi connectivity index (χ1v) is 6.04. The van der Waals surface area contributed by atoms with E-state index in [0.717, 1.165) is 25.0 Å². The highest BCUT2D eigenvalue weighted by Gasteiger charge is 2.31. The van der Waals surface area contributed by atoms with E-state index in [4.69, 9.17) is 4.74 Å². The van der Waals surface area contributed by atoms with Gasteiger partial charge in [-0.25, -0.2) is 0 Å². The number of halogens is 4. The lowest BCUT2D eigenvalue weighted by molar-refractivity contribution is -0.137. The number of hydrogen-bond acceptors (Lipinski definition) is 1. The second-order valence-corrected chi connectivity index (χ2v) is 5.06. The summed E-state index contributed by atoms with van der Waals surface area (Å²) < 4.78 is 43.1. The normalized spacial score (nSPS) is 16.2. The lowest BCUT2D eigenvalue weighted by Gasteiger charge is -2.11. The number of benzene rings is 1. The van der Waals surface area contributed by atoms with Crippen LogP contribution in [0.5, 0.6) is 5.75 Å². The third-order valence-electron chi connectivity index (χ3n) is 2.43. The summed E-state index contributed by atoms with van der Waals surface area (Å²) in [6.07, 6.45) is -1.95. The quantitative estimate of drug-likeness (QED) is 0.752. The smallest absolute Gasteiger partial charge is 0.416 e.